The van der Waals surface area contributed by atoms with Crippen molar-refractivity contribution in [1.82, 2.24) is 14.9 Å². The van der Waals surface area contributed by atoms with Gasteiger partial charge in [0.2, 0.25) is 0 Å². The van der Waals surface area contributed by atoms with Crippen LogP contribution in [0.15, 0.2) is 29.9 Å². The molecule has 1 unspecified atom stereocenters. The van der Waals surface area contributed by atoms with E-state index in [0.717, 1.165) is 17.2 Å². The van der Waals surface area contributed by atoms with Gasteiger partial charge in [-0.15, -0.1) is 11.3 Å². The Morgan fingerprint density at radius 1 is 1.60 bits per heavy atom. The van der Waals surface area contributed by atoms with Gasteiger partial charge in [0.15, 0.2) is 0 Å². The molecule has 2 heterocycles. The van der Waals surface area contributed by atoms with Crippen LogP contribution in [0.3, 0.4) is 0 Å². The van der Waals surface area contributed by atoms with Crippen molar-refractivity contribution in [3.05, 3.63) is 29.9 Å². The highest BCUT2D eigenvalue weighted by molar-refractivity contribution is 7.13. The highest BCUT2D eigenvalue weighted by Gasteiger charge is 2.18. The summed E-state index contributed by atoms with van der Waals surface area (Å²) in [5, 5.41) is 5.03. The van der Waals surface area contributed by atoms with Crippen LogP contribution in [0.5, 0.6) is 0 Å². The summed E-state index contributed by atoms with van der Waals surface area (Å²) in [7, 11) is 1.77. The zero-order valence-electron chi connectivity index (χ0n) is 11.7. The summed E-state index contributed by atoms with van der Waals surface area (Å²) in [6.07, 6.45) is 4.39. The molecule has 0 fully saturated rings. The molecule has 0 aliphatic heterocycles. The van der Waals surface area contributed by atoms with E-state index >= 15 is 0 Å². The summed E-state index contributed by atoms with van der Waals surface area (Å²) in [6.45, 7) is 2.94. The Morgan fingerprint density at radius 2 is 2.45 bits per heavy atom. The topological polar surface area (TPSA) is 56.2 Å². The van der Waals surface area contributed by atoms with Crippen molar-refractivity contribution < 1.29 is 9.53 Å². The van der Waals surface area contributed by atoms with E-state index < -0.39 is 0 Å². The molecule has 2 aromatic rings. The maximum Gasteiger partial charge on any atom is 0.323 e. The predicted molar refractivity (Wildman–Crippen MR) is 79.6 cm³/mol. The minimum atomic E-state index is -0.284. The Kier molecular flexibility index (Phi) is 5.31. The molecule has 0 saturated carbocycles. The molecule has 0 radical (unpaired) electrons. The first kappa shape index (κ1) is 14.7. The number of rotatable bonds is 7. The molecule has 2 aromatic heterocycles. The Morgan fingerprint density at radius 3 is 3.10 bits per heavy atom. The number of hydrogen-bond acceptors (Lipinski definition) is 5. The van der Waals surface area contributed by atoms with Crippen LogP contribution in [-0.2, 0) is 16.1 Å². The lowest BCUT2D eigenvalue weighted by Crippen LogP contribution is -2.36. The van der Waals surface area contributed by atoms with E-state index in [1.165, 1.54) is 0 Å². The van der Waals surface area contributed by atoms with Gasteiger partial charge in [-0.1, -0.05) is 6.07 Å². The summed E-state index contributed by atoms with van der Waals surface area (Å²) < 4.78 is 7.11. The molecule has 0 saturated heterocycles. The standard InChI is InChI=1S/C14H19N3O2S/c1-3-19-14(18)11(15-2)6-8-17-9-7-16-13(17)12-5-4-10-20-12/h4-5,7,9-11,15H,3,6,8H2,1-2H3. The Bertz CT molecular complexity index is 536. The maximum atomic E-state index is 11.7. The molecule has 20 heavy (non-hydrogen) atoms. The number of nitrogens with zero attached hydrogens (tertiary/aromatic N) is 2. The Balaban J connectivity index is 2.00. The molecular formula is C14H19N3O2S. The zero-order chi connectivity index (χ0) is 14.4. The van der Waals surface area contributed by atoms with Crippen molar-refractivity contribution in [3.8, 4) is 10.7 Å². The first-order chi connectivity index (χ1) is 9.76. The average Bonchev–Trinajstić information content (AvgIpc) is 3.10. The lowest BCUT2D eigenvalue weighted by molar-refractivity contribution is -0.145. The van der Waals surface area contributed by atoms with Gasteiger partial charge in [0.1, 0.15) is 11.9 Å². The van der Waals surface area contributed by atoms with Crippen molar-refractivity contribution in [2.75, 3.05) is 13.7 Å². The number of aromatic nitrogens is 2. The average molecular weight is 293 g/mol. The second-order valence-corrected chi connectivity index (χ2v) is 5.25. The number of carbonyl (C=O) groups excluding carboxylic acids is 1. The Labute approximate surface area is 122 Å². The van der Waals surface area contributed by atoms with Gasteiger partial charge in [0, 0.05) is 18.9 Å². The van der Waals surface area contributed by atoms with Crippen molar-refractivity contribution >= 4 is 17.3 Å². The third kappa shape index (κ3) is 3.46. The van der Waals surface area contributed by atoms with E-state index in [2.05, 4.69) is 14.9 Å². The van der Waals surface area contributed by atoms with Crippen LogP contribution < -0.4 is 5.32 Å². The molecule has 0 bridgehead atoms. The molecule has 1 atom stereocenters. The molecule has 108 valence electrons. The fraction of sp³-hybridized carbons (Fsp3) is 0.429. The van der Waals surface area contributed by atoms with Gasteiger partial charge < -0.3 is 14.6 Å². The number of aryl methyl sites for hydroxylation is 1. The van der Waals surface area contributed by atoms with Crippen LogP contribution in [0.4, 0.5) is 0 Å². The minimum absolute atomic E-state index is 0.201. The van der Waals surface area contributed by atoms with Crippen LogP contribution in [0.25, 0.3) is 10.7 Å². The second-order valence-electron chi connectivity index (χ2n) is 4.30. The van der Waals surface area contributed by atoms with Gasteiger partial charge >= 0.3 is 5.97 Å². The molecule has 2 rings (SSSR count). The van der Waals surface area contributed by atoms with E-state index in [0.29, 0.717) is 13.0 Å². The quantitative estimate of drug-likeness (QED) is 0.795. The molecule has 0 spiro atoms. The summed E-state index contributed by atoms with van der Waals surface area (Å²) in [6, 6.07) is 3.77. The van der Waals surface area contributed by atoms with Crippen LogP contribution in [0.2, 0.25) is 0 Å². The number of ether oxygens (including phenoxy) is 1. The molecular weight excluding hydrogens is 274 g/mol. The molecule has 0 aliphatic carbocycles. The van der Waals surface area contributed by atoms with Gasteiger partial charge in [0.25, 0.3) is 0 Å². The lowest BCUT2D eigenvalue weighted by atomic mass is 10.2. The summed E-state index contributed by atoms with van der Waals surface area (Å²) in [5.41, 5.74) is 0. The van der Waals surface area contributed by atoms with Gasteiger partial charge in [-0.3, -0.25) is 4.79 Å². The summed E-state index contributed by atoms with van der Waals surface area (Å²) in [4.78, 5) is 17.3. The molecule has 6 heteroatoms. The van der Waals surface area contributed by atoms with E-state index in [-0.39, 0.29) is 12.0 Å². The van der Waals surface area contributed by atoms with Crippen molar-refractivity contribution in [2.24, 2.45) is 0 Å². The molecule has 0 amide bonds. The third-order valence-corrected chi connectivity index (χ3v) is 3.90. The van der Waals surface area contributed by atoms with Gasteiger partial charge in [-0.05, 0) is 31.8 Å². The van der Waals surface area contributed by atoms with E-state index in [1.807, 2.05) is 30.6 Å². The van der Waals surface area contributed by atoms with Crippen LogP contribution in [0, 0.1) is 0 Å². The Hall–Kier alpha value is -1.66. The summed E-state index contributed by atoms with van der Waals surface area (Å²) >= 11 is 1.66. The normalized spacial score (nSPS) is 12.3. The first-order valence-electron chi connectivity index (χ1n) is 6.65. The number of esters is 1. The van der Waals surface area contributed by atoms with Crippen molar-refractivity contribution in [2.45, 2.75) is 25.9 Å². The highest BCUT2D eigenvalue weighted by Crippen LogP contribution is 2.23. The molecule has 0 aromatic carbocycles. The van der Waals surface area contributed by atoms with Gasteiger partial charge in [-0.25, -0.2) is 4.98 Å². The molecule has 0 aliphatic rings. The fourth-order valence-corrected chi connectivity index (χ4v) is 2.75. The van der Waals surface area contributed by atoms with Crippen molar-refractivity contribution in [3.63, 3.8) is 0 Å². The SMILES string of the molecule is CCOC(=O)C(CCn1ccnc1-c1cccs1)NC. The van der Waals surface area contributed by atoms with Crippen LogP contribution in [0.1, 0.15) is 13.3 Å². The van der Waals surface area contributed by atoms with Gasteiger partial charge in [0.05, 0.1) is 11.5 Å². The van der Waals surface area contributed by atoms with Crippen LogP contribution in [-0.4, -0.2) is 35.2 Å². The fourth-order valence-electron chi connectivity index (χ4n) is 2.01. The number of hydrogen-bond donors (Lipinski definition) is 1. The van der Waals surface area contributed by atoms with E-state index in [1.54, 1.807) is 24.6 Å². The number of thiophene rings is 1. The first-order valence-corrected chi connectivity index (χ1v) is 7.53. The van der Waals surface area contributed by atoms with Gasteiger partial charge in [-0.2, -0.15) is 0 Å². The third-order valence-electron chi connectivity index (χ3n) is 3.04. The highest BCUT2D eigenvalue weighted by atomic mass is 32.1. The number of imidazole rings is 1. The van der Waals surface area contributed by atoms with Crippen molar-refractivity contribution in [1.29, 1.82) is 0 Å². The molecule has 5 nitrogen and oxygen atoms in total. The van der Waals surface area contributed by atoms with E-state index in [9.17, 15) is 4.79 Å². The van der Waals surface area contributed by atoms with E-state index in [4.69, 9.17) is 4.74 Å². The summed E-state index contributed by atoms with van der Waals surface area (Å²) in [5.74, 6) is 0.742. The number of carbonyl (C=O) groups is 1. The number of nitrogens with one attached hydrogen (secondary N) is 1. The predicted octanol–water partition coefficient (Wildman–Crippen LogP) is 2.15. The monoisotopic (exact) mass is 293 g/mol. The van der Waals surface area contributed by atoms with Crippen LogP contribution >= 0.6 is 11.3 Å². The zero-order valence-corrected chi connectivity index (χ0v) is 12.5. The number of likely N-dealkylation sites (N-methyl/N-ethyl adjacent to an activating group) is 1. The smallest absolute Gasteiger partial charge is 0.323 e. The minimum Gasteiger partial charge on any atom is -0.465 e. The second kappa shape index (κ2) is 7.21. The molecule has 1 N–H and O–H groups in total. The lowest BCUT2D eigenvalue weighted by Gasteiger charge is -2.15. The maximum absolute atomic E-state index is 11.7. The largest absolute Gasteiger partial charge is 0.465 e.